The van der Waals surface area contributed by atoms with Gasteiger partial charge in [-0.2, -0.15) is 5.10 Å². The third-order valence-electron chi connectivity index (χ3n) is 3.11. The zero-order valence-electron chi connectivity index (χ0n) is 9.07. The van der Waals surface area contributed by atoms with Gasteiger partial charge in [0.15, 0.2) is 5.78 Å². The van der Waals surface area contributed by atoms with Crippen molar-refractivity contribution >= 4 is 5.78 Å². The van der Waals surface area contributed by atoms with Crippen LogP contribution < -0.4 is 5.73 Å². The lowest BCUT2D eigenvalue weighted by Crippen LogP contribution is -2.38. The van der Waals surface area contributed by atoms with Crippen molar-refractivity contribution in [3.05, 3.63) is 18.0 Å². The maximum atomic E-state index is 11.9. The first-order valence-corrected chi connectivity index (χ1v) is 5.41. The fraction of sp³-hybridized carbons (Fsp3) is 0.636. The van der Waals surface area contributed by atoms with Crippen LogP contribution in [0.3, 0.4) is 0 Å². The van der Waals surface area contributed by atoms with Gasteiger partial charge in [0.25, 0.3) is 0 Å². The molecule has 2 rings (SSSR count). The molecule has 1 aromatic rings. The Labute approximate surface area is 89.5 Å². The molecule has 0 saturated heterocycles. The second kappa shape index (κ2) is 3.77. The number of nitrogens with zero attached hydrogens (tertiary/aromatic N) is 2. The summed E-state index contributed by atoms with van der Waals surface area (Å²) < 4.78 is 1.64. The zero-order chi connectivity index (χ0) is 10.9. The summed E-state index contributed by atoms with van der Waals surface area (Å²) in [6.07, 6.45) is 6.43. The summed E-state index contributed by atoms with van der Waals surface area (Å²) in [5.41, 5.74) is 6.42. The van der Waals surface area contributed by atoms with Crippen LogP contribution in [0.15, 0.2) is 12.3 Å². The lowest BCUT2D eigenvalue weighted by Gasteiger charge is -2.21. The number of Topliss-reactive ketones (excluding diaryl/α,β-unsaturated/α-hetero) is 1. The molecule has 15 heavy (non-hydrogen) atoms. The van der Waals surface area contributed by atoms with E-state index in [2.05, 4.69) is 5.10 Å². The highest BCUT2D eigenvalue weighted by atomic mass is 16.1. The summed E-state index contributed by atoms with van der Waals surface area (Å²) in [5, 5.41) is 4.10. The van der Waals surface area contributed by atoms with E-state index in [4.69, 9.17) is 5.73 Å². The average molecular weight is 207 g/mol. The molecule has 1 aromatic heterocycles. The number of carbonyl (C=O) groups is 1. The van der Waals surface area contributed by atoms with Crippen molar-refractivity contribution in [3.63, 3.8) is 0 Å². The van der Waals surface area contributed by atoms with E-state index in [1.165, 1.54) is 0 Å². The van der Waals surface area contributed by atoms with E-state index in [-0.39, 0.29) is 11.3 Å². The van der Waals surface area contributed by atoms with Gasteiger partial charge in [0.05, 0.1) is 0 Å². The van der Waals surface area contributed by atoms with E-state index < -0.39 is 0 Å². The maximum absolute atomic E-state index is 11.9. The first kappa shape index (κ1) is 10.4. The highest BCUT2D eigenvalue weighted by Gasteiger charge is 2.32. The second-order valence-corrected chi connectivity index (χ2v) is 4.54. The zero-order valence-corrected chi connectivity index (χ0v) is 9.07. The Kier molecular flexibility index (Phi) is 2.61. The number of rotatable bonds is 3. The summed E-state index contributed by atoms with van der Waals surface area (Å²) in [4.78, 5) is 11.9. The Morgan fingerprint density at radius 3 is 2.80 bits per heavy atom. The molecule has 82 valence electrons. The monoisotopic (exact) mass is 207 g/mol. The van der Waals surface area contributed by atoms with Gasteiger partial charge >= 0.3 is 0 Å². The molecule has 1 aliphatic rings. The highest BCUT2D eigenvalue weighted by Crippen LogP contribution is 2.30. The summed E-state index contributed by atoms with van der Waals surface area (Å²) in [7, 11) is 1.81. The van der Waals surface area contributed by atoms with Crippen LogP contribution in [-0.4, -0.2) is 21.1 Å². The van der Waals surface area contributed by atoms with Crippen LogP contribution in [-0.2, 0) is 7.05 Å². The molecule has 0 atom stereocenters. The van der Waals surface area contributed by atoms with Crippen molar-refractivity contribution in [2.24, 2.45) is 12.8 Å². The highest BCUT2D eigenvalue weighted by molar-refractivity contribution is 5.94. The van der Waals surface area contributed by atoms with E-state index in [9.17, 15) is 4.79 Å². The van der Waals surface area contributed by atoms with Gasteiger partial charge in [-0.1, -0.05) is 12.8 Å². The predicted molar refractivity (Wildman–Crippen MR) is 57.5 cm³/mol. The van der Waals surface area contributed by atoms with Crippen LogP contribution in [0.5, 0.6) is 0 Å². The molecule has 4 nitrogen and oxygen atoms in total. The Morgan fingerprint density at radius 2 is 2.27 bits per heavy atom. The van der Waals surface area contributed by atoms with E-state index in [0.29, 0.717) is 12.1 Å². The fourth-order valence-corrected chi connectivity index (χ4v) is 2.23. The van der Waals surface area contributed by atoms with Crippen molar-refractivity contribution in [2.75, 3.05) is 0 Å². The molecule has 1 fully saturated rings. The van der Waals surface area contributed by atoms with Crippen LogP contribution in [0.1, 0.15) is 42.6 Å². The Bertz CT molecular complexity index is 364. The molecule has 0 spiro atoms. The Balaban J connectivity index is 2.03. The summed E-state index contributed by atoms with van der Waals surface area (Å²) in [6, 6.07) is 1.75. The van der Waals surface area contributed by atoms with Gasteiger partial charge in [-0.25, -0.2) is 0 Å². The minimum atomic E-state index is -0.269. The van der Waals surface area contributed by atoms with Crippen LogP contribution >= 0.6 is 0 Å². The molecule has 4 heteroatoms. The minimum Gasteiger partial charge on any atom is -0.325 e. The Hall–Kier alpha value is -1.16. The van der Waals surface area contributed by atoms with Gasteiger partial charge in [-0.15, -0.1) is 0 Å². The van der Waals surface area contributed by atoms with Crippen LogP contribution in [0.4, 0.5) is 0 Å². The quantitative estimate of drug-likeness (QED) is 0.759. The van der Waals surface area contributed by atoms with Gasteiger partial charge in [0, 0.05) is 25.2 Å². The smallest absolute Gasteiger partial charge is 0.184 e. The molecular weight excluding hydrogens is 190 g/mol. The number of aromatic nitrogens is 2. The first-order chi connectivity index (χ1) is 7.09. The van der Waals surface area contributed by atoms with Crippen LogP contribution in [0, 0.1) is 0 Å². The molecule has 0 bridgehead atoms. The molecule has 0 radical (unpaired) electrons. The molecule has 0 unspecified atom stereocenters. The lowest BCUT2D eigenvalue weighted by molar-refractivity contribution is 0.0946. The van der Waals surface area contributed by atoms with Crippen LogP contribution in [0.2, 0.25) is 0 Å². The summed E-state index contributed by atoms with van der Waals surface area (Å²) >= 11 is 0. The average Bonchev–Trinajstić information content (AvgIpc) is 2.75. The normalized spacial score (nSPS) is 19.3. The number of aryl methyl sites for hydroxylation is 1. The molecule has 0 amide bonds. The standard InChI is InChI=1S/C11H17N3O/c1-14-7-4-9(13-14)10(15)8-11(12)5-2-3-6-11/h4,7H,2-3,5-6,8,12H2,1H3. The molecular formula is C11H17N3O. The molecule has 1 aliphatic carbocycles. The van der Waals surface area contributed by atoms with Gasteiger partial charge in [0.2, 0.25) is 0 Å². The summed E-state index contributed by atoms with van der Waals surface area (Å²) in [5.74, 6) is 0.0694. The molecule has 1 saturated carbocycles. The van der Waals surface area contributed by atoms with E-state index >= 15 is 0 Å². The Morgan fingerprint density at radius 1 is 1.60 bits per heavy atom. The number of ketones is 1. The van der Waals surface area contributed by atoms with Crippen molar-refractivity contribution in [1.82, 2.24) is 9.78 Å². The topological polar surface area (TPSA) is 60.9 Å². The second-order valence-electron chi connectivity index (χ2n) is 4.54. The first-order valence-electron chi connectivity index (χ1n) is 5.41. The van der Waals surface area contributed by atoms with E-state index in [1.807, 2.05) is 7.05 Å². The predicted octanol–water partition coefficient (Wildman–Crippen LogP) is 1.26. The van der Waals surface area contributed by atoms with Crippen molar-refractivity contribution in [1.29, 1.82) is 0 Å². The SMILES string of the molecule is Cn1ccc(C(=O)CC2(N)CCCC2)n1. The number of hydrogen-bond acceptors (Lipinski definition) is 3. The lowest BCUT2D eigenvalue weighted by atomic mass is 9.91. The number of nitrogens with two attached hydrogens (primary N) is 1. The van der Waals surface area contributed by atoms with Gasteiger partial charge in [0.1, 0.15) is 5.69 Å². The van der Waals surface area contributed by atoms with Gasteiger partial charge < -0.3 is 5.73 Å². The van der Waals surface area contributed by atoms with Crippen LogP contribution in [0.25, 0.3) is 0 Å². The number of carbonyl (C=O) groups excluding carboxylic acids is 1. The molecule has 1 heterocycles. The maximum Gasteiger partial charge on any atom is 0.184 e. The minimum absolute atomic E-state index is 0.0694. The third kappa shape index (κ3) is 2.26. The fourth-order valence-electron chi connectivity index (χ4n) is 2.23. The van der Waals surface area contributed by atoms with Gasteiger partial charge in [-0.3, -0.25) is 9.48 Å². The van der Waals surface area contributed by atoms with Gasteiger partial charge in [-0.05, 0) is 18.9 Å². The third-order valence-corrected chi connectivity index (χ3v) is 3.11. The van der Waals surface area contributed by atoms with Crippen molar-refractivity contribution in [3.8, 4) is 0 Å². The largest absolute Gasteiger partial charge is 0.325 e. The van der Waals surface area contributed by atoms with Crippen molar-refractivity contribution in [2.45, 2.75) is 37.6 Å². The van der Waals surface area contributed by atoms with Crippen molar-refractivity contribution < 1.29 is 4.79 Å². The van der Waals surface area contributed by atoms with E-state index in [0.717, 1.165) is 25.7 Å². The molecule has 0 aromatic carbocycles. The molecule has 2 N–H and O–H groups in total. The summed E-state index contributed by atoms with van der Waals surface area (Å²) in [6.45, 7) is 0. The number of hydrogen-bond donors (Lipinski definition) is 1. The molecule has 0 aliphatic heterocycles. The van der Waals surface area contributed by atoms with E-state index in [1.54, 1.807) is 16.9 Å².